The minimum Gasteiger partial charge on any atom is -0.510 e. The lowest BCUT2D eigenvalue weighted by atomic mass is 10.2. The minimum absolute atomic E-state index is 0.148. The second kappa shape index (κ2) is 4.88. The summed E-state index contributed by atoms with van der Waals surface area (Å²) < 4.78 is 1.03. The fourth-order valence-electron chi connectivity index (χ4n) is 2.31. The topological polar surface area (TPSA) is 80.4 Å². The lowest BCUT2D eigenvalue weighted by molar-refractivity contribution is 0.160. The Morgan fingerprint density at radius 1 is 1.45 bits per heavy atom. The Labute approximate surface area is 120 Å². The van der Waals surface area contributed by atoms with E-state index >= 15 is 0 Å². The Morgan fingerprint density at radius 3 is 2.90 bits per heavy atom. The smallest absolute Gasteiger partial charge is 0.135 e. The number of thiazole rings is 1. The number of β-amino-alcohol motifs (C(OH)–C–C–N with tert-alkyl or cyclic N) is 1. The average molecular weight is 289 g/mol. The molecule has 3 rings (SSSR count). The molecule has 0 aliphatic carbocycles. The Morgan fingerprint density at radius 2 is 2.20 bits per heavy atom. The number of fused-ring (bicyclic) bond motifs is 1. The maximum atomic E-state index is 10.1. The summed E-state index contributed by atoms with van der Waals surface area (Å²) in [4.78, 5) is 6.13. The van der Waals surface area contributed by atoms with Crippen LogP contribution in [-0.4, -0.2) is 45.1 Å². The highest BCUT2D eigenvalue weighted by atomic mass is 32.1. The van der Waals surface area contributed by atoms with Crippen LogP contribution in [0.25, 0.3) is 15.8 Å². The molecule has 0 fully saturated rings. The van der Waals surface area contributed by atoms with Gasteiger partial charge in [-0.15, -0.1) is 11.3 Å². The van der Waals surface area contributed by atoms with Gasteiger partial charge in [-0.25, -0.2) is 4.98 Å². The molecule has 1 aliphatic rings. The van der Waals surface area contributed by atoms with E-state index in [0.29, 0.717) is 17.1 Å². The maximum absolute atomic E-state index is 10.1. The largest absolute Gasteiger partial charge is 0.510 e. The molecule has 1 aromatic carbocycles. The highest BCUT2D eigenvalue weighted by Gasteiger charge is 2.30. The summed E-state index contributed by atoms with van der Waals surface area (Å²) >= 11 is 1.46. The fraction of sp³-hybridized carbons (Fsp3) is 0.286. The van der Waals surface area contributed by atoms with Crippen molar-refractivity contribution in [3.05, 3.63) is 35.0 Å². The molecular weight excluding hydrogens is 274 g/mol. The van der Waals surface area contributed by atoms with Crippen LogP contribution in [0.15, 0.2) is 30.0 Å². The first-order valence-electron chi connectivity index (χ1n) is 6.36. The first-order chi connectivity index (χ1) is 9.56. The number of rotatable bonds is 3. The molecule has 1 aliphatic heterocycles. The summed E-state index contributed by atoms with van der Waals surface area (Å²) in [6.07, 6.45) is -0.544. The monoisotopic (exact) mass is 289 g/mol. The molecule has 0 spiro atoms. The molecule has 2 aromatic rings. The van der Waals surface area contributed by atoms with Gasteiger partial charge < -0.3 is 15.1 Å². The van der Waals surface area contributed by atoms with E-state index in [4.69, 9.17) is 5.41 Å². The van der Waals surface area contributed by atoms with Crippen molar-refractivity contribution >= 4 is 33.0 Å². The number of aromatic nitrogens is 1. The van der Waals surface area contributed by atoms with Crippen molar-refractivity contribution in [2.75, 3.05) is 13.1 Å². The number of aliphatic hydroxyl groups excluding tert-OH is 2. The lowest BCUT2D eigenvalue weighted by Gasteiger charge is -2.19. The van der Waals surface area contributed by atoms with Crippen molar-refractivity contribution in [1.29, 1.82) is 5.41 Å². The van der Waals surface area contributed by atoms with E-state index < -0.39 is 6.10 Å². The highest BCUT2D eigenvalue weighted by Crippen LogP contribution is 2.32. The normalized spacial score (nSPS) is 17.3. The number of para-hydroxylation sites is 1. The summed E-state index contributed by atoms with van der Waals surface area (Å²) in [6.45, 7) is 2.26. The van der Waals surface area contributed by atoms with E-state index in [9.17, 15) is 10.2 Å². The average Bonchev–Trinajstić information content (AvgIpc) is 2.90. The summed E-state index contributed by atoms with van der Waals surface area (Å²) in [5.74, 6) is 0.372. The second-order valence-electron chi connectivity index (χ2n) is 4.89. The number of nitrogens with zero attached hydrogens (tertiary/aromatic N) is 2. The Bertz CT molecular complexity index is 672. The van der Waals surface area contributed by atoms with Crippen LogP contribution in [0.3, 0.4) is 0 Å². The molecule has 2 heterocycles. The Balaban J connectivity index is 1.97. The van der Waals surface area contributed by atoms with Crippen LogP contribution in [0.2, 0.25) is 0 Å². The van der Waals surface area contributed by atoms with Crippen LogP contribution >= 0.6 is 11.3 Å². The molecule has 6 heteroatoms. The molecule has 0 saturated carbocycles. The van der Waals surface area contributed by atoms with Crippen LogP contribution in [-0.2, 0) is 0 Å². The van der Waals surface area contributed by atoms with Gasteiger partial charge in [0.15, 0.2) is 0 Å². The van der Waals surface area contributed by atoms with Crippen molar-refractivity contribution < 1.29 is 10.2 Å². The van der Waals surface area contributed by atoms with Gasteiger partial charge in [0.2, 0.25) is 0 Å². The van der Waals surface area contributed by atoms with Gasteiger partial charge in [0.05, 0.1) is 28.4 Å². The fourth-order valence-corrected chi connectivity index (χ4v) is 3.35. The lowest BCUT2D eigenvalue weighted by Crippen LogP contribution is -2.33. The van der Waals surface area contributed by atoms with Gasteiger partial charge in [0.1, 0.15) is 16.6 Å². The van der Waals surface area contributed by atoms with Crippen molar-refractivity contribution in [3.8, 4) is 0 Å². The van der Waals surface area contributed by atoms with Crippen LogP contribution in [0, 0.1) is 5.41 Å². The number of hydrogen-bond donors (Lipinski definition) is 3. The third kappa shape index (κ3) is 2.17. The SMILES string of the molecule is C[C@H](O)CN1CC(O)=C(c2nc3ccccc3s2)C1=N. The van der Waals surface area contributed by atoms with Crippen molar-refractivity contribution in [3.63, 3.8) is 0 Å². The van der Waals surface area contributed by atoms with Crippen LogP contribution in [0.4, 0.5) is 0 Å². The zero-order valence-electron chi connectivity index (χ0n) is 11.0. The van der Waals surface area contributed by atoms with E-state index in [-0.39, 0.29) is 18.1 Å². The van der Waals surface area contributed by atoms with Crippen molar-refractivity contribution in [1.82, 2.24) is 9.88 Å². The van der Waals surface area contributed by atoms with Gasteiger partial charge in [-0.2, -0.15) is 0 Å². The van der Waals surface area contributed by atoms with Gasteiger partial charge >= 0.3 is 0 Å². The highest BCUT2D eigenvalue weighted by molar-refractivity contribution is 7.19. The molecule has 0 radical (unpaired) electrons. The van der Waals surface area contributed by atoms with Crippen LogP contribution < -0.4 is 0 Å². The summed E-state index contributed by atoms with van der Waals surface area (Å²) in [5, 5.41) is 28.4. The van der Waals surface area contributed by atoms with Crippen LogP contribution in [0.5, 0.6) is 0 Å². The maximum Gasteiger partial charge on any atom is 0.135 e. The number of hydrogen-bond acceptors (Lipinski definition) is 5. The molecule has 0 bridgehead atoms. The van der Waals surface area contributed by atoms with Gasteiger partial charge in [-0.1, -0.05) is 12.1 Å². The molecule has 104 valence electrons. The molecule has 0 amide bonds. The Hall–Kier alpha value is -1.92. The van der Waals surface area contributed by atoms with Gasteiger partial charge in [0, 0.05) is 6.54 Å². The van der Waals surface area contributed by atoms with Gasteiger partial charge in [-0.3, -0.25) is 5.41 Å². The van der Waals surface area contributed by atoms with E-state index in [1.54, 1.807) is 11.8 Å². The Kier molecular flexibility index (Phi) is 3.19. The quantitative estimate of drug-likeness (QED) is 0.809. The van der Waals surface area contributed by atoms with Gasteiger partial charge in [-0.05, 0) is 19.1 Å². The van der Waals surface area contributed by atoms with Crippen molar-refractivity contribution in [2.24, 2.45) is 0 Å². The molecule has 3 N–H and O–H groups in total. The molecule has 0 unspecified atom stereocenters. The molecule has 0 saturated heterocycles. The standard InChI is InChI=1S/C14H15N3O2S/c1-8(18)6-17-7-10(19)12(13(17)15)14-16-9-4-2-3-5-11(9)20-14/h2-5,8,15,18-19H,6-7H2,1H3/t8-/m0/s1. The molecular formula is C14H15N3O2S. The van der Waals surface area contributed by atoms with Crippen LogP contribution in [0.1, 0.15) is 11.9 Å². The van der Waals surface area contributed by atoms with E-state index in [1.807, 2.05) is 24.3 Å². The third-order valence-corrected chi connectivity index (χ3v) is 4.23. The van der Waals surface area contributed by atoms with Crippen molar-refractivity contribution in [2.45, 2.75) is 13.0 Å². The molecule has 5 nitrogen and oxygen atoms in total. The summed E-state index contributed by atoms with van der Waals surface area (Å²) in [5.41, 5.74) is 1.35. The number of aliphatic hydroxyl groups is 2. The molecule has 20 heavy (non-hydrogen) atoms. The third-order valence-electron chi connectivity index (χ3n) is 3.17. The molecule has 1 aromatic heterocycles. The predicted octanol–water partition coefficient (Wildman–Crippen LogP) is 2.24. The van der Waals surface area contributed by atoms with E-state index in [2.05, 4.69) is 4.98 Å². The second-order valence-corrected chi connectivity index (χ2v) is 5.92. The summed E-state index contributed by atoms with van der Waals surface area (Å²) in [7, 11) is 0. The summed E-state index contributed by atoms with van der Waals surface area (Å²) in [6, 6.07) is 7.75. The zero-order chi connectivity index (χ0) is 14.3. The van der Waals surface area contributed by atoms with E-state index in [0.717, 1.165) is 10.2 Å². The van der Waals surface area contributed by atoms with Gasteiger partial charge in [0.25, 0.3) is 0 Å². The minimum atomic E-state index is -0.544. The molecule has 1 atom stereocenters. The number of benzene rings is 1. The first kappa shape index (κ1) is 13.1. The number of nitrogens with one attached hydrogen (secondary N) is 1. The first-order valence-corrected chi connectivity index (χ1v) is 7.18. The predicted molar refractivity (Wildman–Crippen MR) is 80.1 cm³/mol. The number of amidine groups is 1. The van der Waals surface area contributed by atoms with E-state index in [1.165, 1.54) is 11.3 Å². The zero-order valence-corrected chi connectivity index (χ0v) is 11.8.